The predicted octanol–water partition coefficient (Wildman–Crippen LogP) is 1.94. The lowest BCUT2D eigenvalue weighted by Crippen LogP contribution is -2.35. The minimum absolute atomic E-state index is 0.0561. The SMILES string of the molecule is CN(C)c1cccc(C(=O)N2CCc3oncc3C2)c1. The number of aromatic nitrogens is 1. The van der Waals surface area contributed by atoms with Crippen molar-refractivity contribution in [1.29, 1.82) is 0 Å². The first-order valence-corrected chi connectivity index (χ1v) is 6.64. The lowest BCUT2D eigenvalue weighted by atomic mass is 10.1. The summed E-state index contributed by atoms with van der Waals surface area (Å²) in [4.78, 5) is 16.4. The third-order valence-electron chi connectivity index (χ3n) is 3.60. The van der Waals surface area contributed by atoms with Crippen LogP contribution in [0, 0.1) is 0 Å². The van der Waals surface area contributed by atoms with Gasteiger partial charge in [0.25, 0.3) is 5.91 Å². The van der Waals surface area contributed by atoms with Gasteiger partial charge in [-0.2, -0.15) is 0 Å². The van der Waals surface area contributed by atoms with E-state index in [0.717, 1.165) is 29.0 Å². The van der Waals surface area contributed by atoms with E-state index >= 15 is 0 Å². The fourth-order valence-corrected chi connectivity index (χ4v) is 2.41. The molecule has 0 aliphatic carbocycles. The van der Waals surface area contributed by atoms with Crippen LogP contribution in [0.1, 0.15) is 21.7 Å². The Hall–Kier alpha value is -2.30. The van der Waals surface area contributed by atoms with E-state index in [-0.39, 0.29) is 5.91 Å². The second-order valence-corrected chi connectivity index (χ2v) is 5.20. The quantitative estimate of drug-likeness (QED) is 0.837. The van der Waals surface area contributed by atoms with Gasteiger partial charge in [-0.15, -0.1) is 0 Å². The van der Waals surface area contributed by atoms with E-state index in [9.17, 15) is 4.79 Å². The number of carbonyl (C=O) groups excluding carboxylic acids is 1. The van der Waals surface area contributed by atoms with Crippen molar-refractivity contribution in [3.8, 4) is 0 Å². The van der Waals surface area contributed by atoms with Gasteiger partial charge in [-0.1, -0.05) is 11.2 Å². The summed E-state index contributed by atoms with van der Waals surface area (Å²) in [5, 5.41) is 3.79. The number of carbonyl (C=O) groups is 1. The van der Waals surface area contributed by atoms with Gasteiger partial charge in [0.2, 0.25) is 0 Å². The summed E-state index contributed by atoms with van der Waals surface area (Å²) in [5.41, 5.74) is 2.75. The lowest BCUT2D eigenvalue weighted by molar-refractivity contribution is 0.0729. The summed E-state index contributed by atoms with van der Waals surface area (Å²) in [5.74, 6) is 0.955. The van der Waals surface area contributed by atoms with Crippen molar-refractivity contribution in [2.24, 2.45) is 0 Å². The molecule has 1 amide bonds. The van der Waals surface area contributed by atoms with Crippen LogP contribution >= 0.6 is 0 Å². The van der Waals surface area contributed by atoms with Crippen molar-refractivity contribution in [2.45, 2.75) is 13.0 Å². The standard InChI is InChI=1S/C15H17N3O2/c1-17(2)13-5-3-4-11(8-13)15(19)18-7-6-14-12(10-18)9-16-20-14/h3-5,8-9H,6-7,10H2,1-2H3. The van der Waals surface area contributed by atoms with Crippen LogP contribution in [-0.4, -0.2) is 36.6 Å². The number of fused-ring (bicyclic) bond motifs is 1. The normalized spacial score (nSPS) is 14.0. The predicted molar refractivity (Wildman–Crippen MR) is 75.7 cm³/mol. The fraction of sp³-hybridized carbons (Fsp3) is 0.333. The summed E-state index contributed by atoms with van der Waals surface area (Å²) in [7, 11) is 3.93. The van der Waals surface area contributed by atoms with Gasteiger partial charge < -0.3 is 14.3 Å². The molecule has 0 spiro atoms. The largest absolute Gasteiger partial charge is 0.378 e. The summed E-state index contributed by atoms with van der Waals surface area (Å²) < 4.78 is 5.15. The molecule has 5 heteroatoms. The molecule has 0 unspecified atom stereocenters. The Morgan fingerprint density at radius 3 is 3.05 bits per heavy atom. The molecule has 5 nitrogen and oxygen atoms in total. The van der Waals surface area contributed by atoms with Crippen LogP contribution in [0.2, 0.25) is 0 Å². The molecule has 20 heavy (non-hydrogen) atoms. The topological polar surface area (TPSA) is 49.6 Å². The van der Waals surface area contributed by atoms with Crippen molar-refractivity contribution >= 4 is 11.6 Å². The molecule has 1 aromatic heterocycles. The minimum Gasteiger partial charge on any atom is -0.378 e. The minimum atomic E-state index is 0.0561. The maximum Gasteiger partial charge on any atom is 0.254 e. The number of benzene rings is 1. The molecule has 0 saturated carbocycles. The van der Waals surface area contributed by atoms with Gasteiger partial charge in [-0.05, 0) is 18.2 Å². The Labute approximate surface area is 117 Å². The molecule has 0 radical (unpaired) electrons. The maximum atomic E-state index is 12.6. The summed E-state index contributed by atoms with van der Waals surface area (Å²) in [6.07, 6.45) is 2.43. The molecule has 0 atom stereocenters. The molecule has 1 aliphatic rings. The molecule has 0 fully saturated rings. The van der Waals surface area contributed by atoms with E-state index in [0.29, 0.717) is 13.1 Å². The second kappa shape index (κ2) is 5.00. The van der Waals surface area contributed by atoms with Crippen LogP contribution in [0.15, 0.2) is 35.0 Å². The van der Waals surface area contributed by atoms with Gasteiger partial charge in [0.15, 0.2) is 0 Å². The molecule has 3 rings (SSSR count). The number of anilines is 1. The highest BCUT2D eigenvalue weighted by Crippen LogP contribution is 2.21. The number of amides is 1. The molecule has 0 bridgehead atoms. The number of hydrogen-bond acceptors (Lipinski definition) is 4. The molecular weight excluding hydrogens is 254 g/mol. The van der Waals surface area contributed by atoms with Gasteiger partial charge in [-0.25, -0.2) is 0 Å². The molecular formula is C15H17N3O2. The van der Waals surface area contributed by atoms with Crippen LogP contribution < -0.4 is 4.90 Å². The smallest absolute Gasteiger partial charge is 0.254 e. The Kier molecular flexibility index (Phi) is 3.18. The summed E-state index contributed by atoms with van der Waals surface area (Å²) in [6, 6.07) is 7.69. The average molecular weight is 271 g/mol. The van der Waals surface area contributed by atoms with E-state index in [1.165, 1.54) is 0 Å². The summed E-state index contributed by atoms with van der Waals surface area (Å²) in [6.45, 7) is 1.25. The van der Waals surface area contributed by atoms with Crippen LogP contribution in [0.3, 0.4) is 0 Å². The monoisotopic (exact) mass is 271 g/mol. The van der Waals surface area contributed by atoms with Gasteiger partial charge in [0.05, 0.1) is 12.7 Å². The van der Waals surface area contributed by atoms with E-state index in [4.69, 9.17) is 4.52 Å². The van der Waals surface area contributed by atoms with Crippen molar-refractivity contribution in [1.82, 2.24) is 10.1 Å². The van der Waals surface area contributed by atoms with E-state index in [1.54, 1.807) is 6.20 Å². The van der Waals surface area contributed by atoms with Crippen LogP contribution in [0.5, 0.6) is 0 Å². The van der Waals surface area contributed by atoms with Crippen molar-refractivity contribution in [3.05, 3.63) is 47.3 Å². The van der Waals surface area contributed by atoms with E-state index in [1.807, 2.05) is 48.2 Å². The van der Waals surface area contributed by atoms with E-state index < -0.39 is 0 Å². The molecule has 0 saturated heterocycles. The third-order valence-corrected chi connectivity index (χ3v) is 3.60. The van der Waals surface area contributed by atoms with Crippen LogP contribution in [0.25, 0.3) is 0 Å². The lowest BCUT2D eigenvalue weighted by Gasteiger charge is -2.26. The Morgan fingerprint density at radius 1 is 1.40 bits per heavy atom. The Bertz CT molecular complexity index is 634. The van der Waals surface area contributed by atoms with Gasteiger partial charge in [0, 0.05) is 43.9 Å². The second-order valence-electron chi connectivity index (χ2n) is 5.20. The zero-order valence-electron chi connectivity index (χ0n) is 11.7. The zero-order chi connectivity index (χ0) is 14.1. The zero-order valence-corrected chi connectivity index (χ0v) is 11.7. The first kappa shape index (κ1) is 12.7. The first-order chi connectivity index (χ1) is 9.65. The first-order valence-electron chi connectivity index (χ1n) is 6.64. The van der Waals surface area contributed by atoms with Crippen molar-refractivity contribution in [2.75, 3.05) is 25.5 Å². The highest BCUT2D eigenvalue weighted by atomic mass is 16.5. The number of rotatable bonds is 2. The highest BCUT2D eigenvalue weighted by Gasteiger charge is 2.24. The van der Waals surface area contributed by atoms with E-state index in [2.05, 4.69) is 5.16 Å². The summed E-state index contributed by atoms with van der Waals surface area (Å²) >= 11 is 0. The van der Waals surface area contributed by atoms with Gasteiger partial charge >= 0.3 is 0 Å². The molecule has 1 aromatic carbocycles. The number of nitrogens with zero attached hydrogens (tertiary/aromatic N) is 3. The van der Waals surface area contributed by atoms with Gasteiger partial charge in [-0.3, -0.25) is 4.79 Å². The fourth-order valence-electron chi connectivity index (χ4n) is 2.41. The average Bonchev–Trinajstić information content (AvgIpc) is 2.94. The van der Waals surface area contributed by atoms with Crippen LogP contribution in [0.4, 0.5) is 5.69 Å². The number of hydrogen-bond donors (Lipinski definition) is 0. The van der Waals surface area contributed by atoms with Crippen molar-refractivity contribution in [3.63, 3.8) is 0 Å². The molecule has 0 N–H and O–H groups in total. The Balaban J connectivity index is 1.81. The maximum absolute atomic E-state index is 12.6. The van der Waals surface area contributed by atoms with Gasteiger partial charge in [0.1, 0.15) is 5.76 Å². The molecule has 104 valence electrons. The highest BCUT2D eigenvalue weighted by molar-refractivity contribution is 5.95. The van der Waals surface area contributed by atoms with Crippen molar-refractivity contribution < 1.29 is 9.32 Å². The molecule has 1 aliphatic heterocycles. The van der Waals surface area contributed by atoms with Crippen LogP contribution in [-0.2, 0) is 13.0 Å². The Morgan fingerprint density at radius 2 is 2.25 bits per heavy atom. The molecule has 2 heterocycles. The molecule has 2 aromatic rings. The third kappa shape index (κ3) is 2.27.